The molecule has 0 aliphatic carbocycles. The maximum absolute atomic E-state index is 12.8. The third-order valence-electron chi connectivity index (χ3n) is 6.32. The van der Waals surface area contributed by atoms with Gasteiger partial charge in [-0.05, 0) is 22.6 Å². The van der Waals surface area contributed by atoms with Gasteiger partial charge in [0.15, 0.2) is 11.5 Å². The molecule has 5 rings (SSSR count). The first-order valence-corrected chi connectivity index (χ1v) is 11.7. The highest BCUT2D eigenvalue weighted by molar-refractivity contribution is 5.76. The second-order valence-corrected chi connectivity index (χ2v) is 9.09. The zero-order chi connectivity index (χ0) is 25.4. The summed E-state index contributed by atoms with van der Waals surface area (Å²) in [5.74, 6) is -0.0201. The molecule has 0 aliphatic heterocycles. The molecule has 3 aromatic heterocycles. The van der Waals surface area contributed by atoms with E-state index in [0.29, 0.717) is 35.1 Å². The van der Waals surface area contributed by atoms with Crippen molar-refractivity contribution in [3.05, 3.63) is 88.2 Å². The standard InChI is InChI=1S/C27H26N6O3/c1-16(2)19-6-4-5-7-20(19)25-28-14-22-26(31-25)33(27(36)30-22)15-17-8-10-18(11-9-17)21-13-29-32(3)23(21)12-24(34)35/h4-11,13-14,16H,12,15H2,1-3H3,(H,30,36)(H,34,35). The average molecular weight is 483 g/mol. The summed E-state index contributed by atoms with van der Waals surface area (Å²) in [5, 5.41) is 13.4. The van der Waals surface area contributed by atoms with Crippen molar-refractivity contribution in [2.75, 3.05) is 0 Å². The Balaban J connectivity index is 1.48. The molecule has 182 valence electrons. The fourth-order valence-corrected chi connectivity index (χ4v) is 4.46. The molecule has 3 heterocycles. The molecule has 0 spiro atoms. The Labute approximate surface area is 207 Å². The molecule has 9 nitrogen and oxygen atoms in total. The van der Waals surface area contributed by atoms with Gasteiger partial charge in [-0.2, -0.15) is 5.10 Å². The summed E-state index contributed by atoms with van der Waals surface area (Å²) in [6, 6.07) is 15.7. The predicted octanol–water partition coefficient (Wildman–Crippen LogP) is 3.99. The lowest BCUT2D eigenvalue weighted by Gasteiger charge is -2.11. The highest BCUT2D eigenvalue weighted by atomic mass is 16.4. The van der Waals surface area contributed by atoms with Crippen LogP contribution in [0, 0.1) is 0 Å². The van der Waals surface area contributed by atoms with E-state index in [1.165, 1.54) is 0 Å². The lowest BCUT2D eigenvalue weighted by Crippen LogP contribution is -2.17. The Morgan fingerprint density at radius 1 is 1.06 bits per heavy atom. The van der Waals surface area contributed by atoms with Crippen LogP contribution in [0.15, 0.2) is 65.7 Å². The van der Waals surface area contributed by atoms with Crippen LogP contribution in [0.25, 0.3) is 33.7 Å². The van der Waals surface area contributed by atoms with Crippen LogP contribution >= 0.6 is 0 Å². The van der Waals surface area contributed by atoms with Crippen molar-refractivity contribution in [1.82, 2.24) is 29.3 Å². The largest absolute Gasteiger partial charge is 0.481 e. The Bertz CT molecular complexity index is 1630. The second-order valence-electron chi connectivity index (χ2n) is 9.09. The average Bonchev–Trinajstić information content (AvgIpc) is 3.37. The van der Waals surface area contributed by atoms with Gasteiger partial charge in [0, 0.05) is 18.2 Å². The summed E-state index contributed by atoms with van der Waals surface area (Å²) in [7, 11) is 1.73. The maximum atomic E-state index is 12.8. The minimum Gasteiger partial charge on any atom is -0.481 e. The lowest BCUT2D eigenvalue weighted by molar-refractivity contribution is -0.136. The third kappa shape index (κ3) is 4.31. The molecule has 0 unspecified atom stereocenters. The van der Waals surface area contributed by atoms with Crippen molar-refractivity contribution in [1.29, 1.82) is 0 Å². The van der Waals surface area contributed by atoms with Gasteiger partial charge in [-0.1, -0.05) is 62.4 Å². The number of fused-ring (bicyclic) bond motifs is 1. The molecule has 0 saturated heterocycles. The van der Waals surface area contributed by atoms with Crippen LogP contribution < -0.4 is 5.69 Å². The normalized spacial score (nSPS) is 11.4. The van der Waals surface area contributed by atoms with Crippen LogP contribution in [0.1, 0.15) is 36.6 Å². The number of carboxylic acid groups (broad SMARTS) is 1. The molecule has 0 atom stereocenters. The predicted molar refractivity (Wildman–Crippen MR) is 137 cm³/mol. The van der Waals surface area contributed by atoms with Crippen molar-refractivity contribution in [3.63, 3.8) is 0 Å². The number of rotatable bonds is 7. The van der Waals surface area contributed by atoms with E-state index in [4.69, 9.17) is 4.98 Å². The van der Waals surface area contributed by atoms with Crippen LogP contribution in [0.3, 0.4) is 0 Å². The number of benzene rings is 2. The molecular formula is C27H26N6O3. The summed E-state index contributed by atoms with van der Waals surface area (Å²) in [6.45, 7) is 4.59. The third-order valence-corrected chi connectivity index (χ3v) is 6.32. The van der Waals surface area contributed by atoms with E-state index in [1.807, 2.05) is 42.5 Å². The number of aromatic nitrogens is 6. The molecule has 9 heteroatoms. The summed E-state index contributed by atoms with van der Waals surface area (Å²) in [6.07, 6.45) is 3.22. The number of nitrogens with zero attached hydrogens (tertiary/aromatic N) is 5. The number of hydrogen-bond acceptors (Lipinski definition) is 5. The van der Waals surface area contributed by atoms with E-state index in [0.717, 1.165) is 27.8 Å². The summed E-state index contributed by atoms with van der Waals surface area (Å²) >= 11 is 0. The van der Waals surface area contributed by atoms with E-state index in [1.54, 1.807) is 28.7 Å². The van der Waals surface area contributed by atoms with Gasteiger partial charge in [0.1, 0.15) is 5.52 Å². The van der Waals surface area contributed by atoms with Crippen LogP contribution in [-0.4, -0.2) is 40.4 Å². The quantitative estimate of drug-likeness (QED) is 0.362. The van der Waals surface area contributed by atoms with Crippen LogP contribution in [0.5, 0.6) is 0 Å². The number of aliphatic carboxylic acids is 1. The van der Waals surface area contributed by atoms with Gasteiger partial charge in [-0.3, -0.25) is 14.0 Å². The fraction of sp³-hybridized carbons (Fsp3) is 0.222. The van der Waals surface area contributed by atoms with Crippen LogP contribution in [-0.2, 0) is 24.8 Å². The lowest BCUT2D eigenvalue weighted by atomic mass is 9.97. The number of carbonyl (C=O) groups is 1. The number of aromatic amines is 1. The van der Waals surface area contributed by atoms with Gasteiger partial charge in [0.2, 0.25) is 0 Å². The smallest absolute Gasteiger partial charge is 0.328 e. The molecule has 36 heavy (non-hydrogen) atoms. The molecule has 2 N–H and O–H groups in total. The summed E-state index contributed by atoms with van der Waals surface area (Å²) in [4.78, 5) is 36.2. The van der Waals surface area contributed by atoms with Gasteiger partial charge in [-0.25, -0.2) is 14.8 Å². The van der Waals surface area contributed by atoms with Crippen molar-refractivity contribution < 1.29 is 9.90 Å². The van der Waals surface area contributed by atoms with E-state index in [2.05, 4.69) is 35.0 Å². The molecule has 0 radical (unpaired) electrons. The summed E-state index contributed by atoms with van der Waals surface area (Å²) < 4.78 is 3.19. The first kappa shape index (κ1) is 23.2. The first-order chi connectivity index (χ1) is 17.3. The van der Waals surface area contributed by atoms with Crippen LogP contribution in [0.2, 0.25) is 0 Å². The molecular weight excluding hydrogens is 456 g/mol. The van der Waals surface area contributed by atoms with Crippen molar-refractivity contribution in [2.24, 2.45) is 7.05 Å². The van der Waals surface area contributed by atoms with Gasteiger partial charge in [0.05, 0.1) is 31.1 Å². The molecule has 0 saturated carbocycles. The minimum atomic E-state index is -0.910. The SMILES string of the molecule is CC(C)c1ccccc1-c1ncc2[nH]c(=O)n(Cc3ccc(-c4cnn(C)c4CC(=O)O)cc3)c2n1. The van der Waals surface area contributed by atoms with Crippen molar-refractivity contribution >= 4 is 17.1 Å². The number of carboxylic acids is 1. The monoisotopic (exact) mass is 482 g/mol. The highest BCUT2D eigenvalue weighted by Crippen LogP contribution is 2.28. The Kier molecular flexibility index (Phi) is 5.97. The Morgan fingerprint density at radius 3 is 2.53 bits per heavy atom. The first-order valence-electron chi connectivity index (χ1n) is 11.7. The molecule has 0 amide bonds. The van der Waals surface area contributed by atoms with E-state index in [-0.39, 0.29) is 12.1 Å². The topological polar surface area (TPSA) is 119 Å². The maximum Gasteiger partial charge on any atom is 0.328 e. The fourth-order valence-electron chi connectivity index (χ4n) is 4.46. The number of hydrogen-bond donors (Lipinski definition) is 2. The Hall–Kier alpha value is -4.53. The summed E-state index contributed by atoms with van der Waals surface area (Å²) in [5.41, 5.74) is 6.15. The molecule has 2 aromatic carbocycles. The highest BCUT2D eigenvalue weighted by Gasteiger charge is 2.16. The van der Waals surface area contributed by atoms with Gasteiger partial charge in [0.25, 0.3) is 0 Å². The molecule has 0 bridgehead atoms. The van der Waals surface area contributed by atoms with Crippen LogP contribution in [0.4, 0.5) is 0 Å². The van der Waals surface area contributed by atoms with Gasteiger partial charge >= 0.3 is 11.7 Å². The number of aryl methyl sites for hydroxylation is 1. The Morgan fingerprint density at radius 2 is 1.81 bits per heavy atom. The number of nitrogens with one attached hydrogen (secondary N) is 1. The van der Waals surface area contributed by atoms with E-state index < -0.39 is 5.97 Å². The van der Waals surface area contributed by atoms with E-state index in [9.17, 15) is 14.7 Å². The molecule has 0 aliphatic rings. The molecule has 0 fully saturated rings. The zero-order valence-electron chi connectivity index (χ0n) is 20.3. The van der Waals surface area contributed by atoms with Crippen molar-refractivity contribution in [3.8, 4) is 22.5 Å². The second kappa shape index (κ2) is 9.26. The number of imidazole rings is 1. The number of H-pyrrole nitrogens is 1. The van der Waals surface area contributed by atoms with Gasteiger partial charge < -0.3 is 10.1 Å². The van der Waals surface area contributed by atoms with Gasteiger partial charge in [-0.15, -0.1) is 0 Å². The minimum absolute atomic E-state index is 0.111. The molecule has 5 aromatic rings. The zero-order valence-corrected chi connectivity index (χ0v) is 20.3. The van der Waals surface area contributed by atoms with E-state index >= 15 is 0 Å². The van der Waals surface area contributed by atoms with Crippen molar-refractivity contribution in [2.45, 2.75) is 32.7 Å².